The number of carbonyl (C=O) groups is 1. The van der Waals surface area contributed by atoms with E-state index in [-0.39, 0.29) is 11.6 Å². The molecule has 0 spiro atoms. The van der Waals surface area contributed by atoms with E-state index in [9.17, 15) is 4.79 Å². The van der Waals surface area contributed by atoms with Crippen LogP contribution < -0.4 is 10.2 Å². The average Bonchev–Trinajstić information content (AvgIpc) is 3.24. The Morgan fingerprint density at radius 1 is 1.18 bits per heavy atom. The molecule has 0 atom stereocenters. The number of hydrogen-bond acceptors (Lipinski definition) is 7. The van der Waals surface area contributed by atoms with Gasteiger partial charge < -0.3 is 19.6 Å². The molecule has 1 N–H and O–H groups in total. The molecule has 1 fully saturated rings. The zero-order valence-electron chi connectivity index (χ0n) is 15.7. The lowest BCUT2D eigenvalue weighted by Crippen LogP contribution is -2.44. The summed E-state index contributed by atoms with van der Waals surface area (Å²) in [6.07, 6.45) is 5.13. The third-order valence-electron chi connectivity index (χ3n) is 4.78. The first-order valence-electron chi connectivity index (χ1n) is 9.23. The fourth-order valence-corrected chi connectivity index (χ4v) is 3.08. The number of aromatic nitrogens is 3. The van der Waals surface area contributed by atoms with Crippen molar-refractivity contribution in [2.45, 2.75) is 6.54 Å². The molecule has 0 aliphatic carbocycles. The first kappa shape index (κ1) is 18.1. The molecule has 8 heteroatoms. The van der Waals surface area contributed by atoms with Gasteiger partial charge in [0.05, 0.1) is 0 Å². The number of amides is 1. The summed E-state index contributed by atoms with van der Waals surface area (Å²) in [7, 11) is 2.13. The molecule has 8 nitrogen and oxygen atoms in total. The highest BCUT2D eigenvalue weighted by molar-refractivity contribution is 5.93. The molecular formula is C20H22N6O2. The highest BCUT2D eigenvalue weighted by atomic mass is 16.5. The lowest BCUT2D eigenvalue weighted by molar-refractivity contribution is 0.0942. The van der Waals surface area contributed by atoms with Gasteiger partial charge in [-0.15, -0.1) is 0 Å². The van der Waals surface area contributed by atoms with Gasteiger partial charge in [0.1, 0.15) is 5.82 Å². The maximum absolute atomic E-state index is 12.4. The fraction of sp³-hybridized carbons (Fsp3) is 0.300. The van der Waals surface area contributed by atoms with E-state index < -0.39 is 0 Å². The predicted molar refractivity (Wildman–Crippen MR) is 105 cm³/mol. The topological polar surface area (TPSA) is 87.4 Å². The third kappa shape index (κ3) is 4.17. The Balaban J connectivity index is 1.37. The van der Waals surface area contributed by atoms with E-state index in [2.05, 4.69) is 37.3 Å². The molecular weight excluding hydrogens is 356 g/mol. The van der Waals surface area contributed by atoms with Gasteiger partial charge >= 0.3 is 0 Å². The number of likely N-dealkylation sites (N-methyl/N-ethyl adjacent to an activating group) is 1. The van der Waals surface area contributed by atoms with E-state index in [1.54, 1.807) is 30.7 Å². The number of anilines is 1. The molecule has 144 valence electrons. The van der Waals surface area contributed by atoms with Crippen LogP contribution in [0.1, 0.15) is 16.1 Å². The highest BCUT2D eigenvalue weighted by Gasteiger charge is 2.16. The van der Waals surface area contributed by atoms with E-state index >= 15 is 0 Å². The van der Waals surface area contributed by atoms with Gasteiger partial charge in [0, 0.05) is 62.9 Å². The van der Waals surface area contributed by atoms with Crippen molar-refractivity contribution in [3.8, 4) is 11.3 Å². The zero-order chi connectivity index (χ0) is 19.3. The van der Waals surface area contributed by atoms with E-state index in [1.807, 2.05) is 18.2 Å². The van der Waals surface area contributed by atoms with Crippen LogP contribution in [-0.4, -0.2) is 59.2 Å². The van der Waals surface area contributed by atoms with Gasteiger partial charge in [-0.05, 0) is 36.9 Å². The van der Waals surface area contributed by atoms with Crippen LogP contribution in [0.4, 0.5) is 5.82 Å². The molecule has 1 saturated heterocycles. The van der Waals surface area contributed by atoms with Crippen molar-refractivity contribution in [3.05, 3.63) is 60.2 Å². The van der Waals surface area contributed by atoms with Crippen LogP contribution in [-0.2, 0) is 6.54 Å². The molecule has 4 rings (SSSR count). The average molecular weight is 378 g/mol. The van der Waals surface area contributed by atoms with Crippen LogP contribution in [0.3, 0.4) is 0 Å². The monoisotopic (exact) mass is 378 g/mol. The molecule has 0 unspecified atom stereocenters. The van der Waals surface area contributed by atoms with Crippen molar-refractivity contribution in [2.75, 3.05) is 38.1 Å². The van der Waals surface area contributed by atoms with Crippen LogP contribution in [0, 0.1) is 0 Å². The Kier molecular flexibility index (Phi) is 5.29. The second-order valence-corrected chi connectivity index (χ2v) is 6.81. The van der Waals surface area contributed by atoms with Crippen LogP contribution in [0.15, 0.2) is 53.4 Å². The number of carbonyl (C=O) groups excluding carboxylic acids is 1. The lowest BCUT2D eigenvalue weighted by atomic mass is 10.2. The maximum Gasteiger partial charge on any atom is 0.273 e. The number of nitrogens with zero attached hydrogens (tertiary/aromatic N) is 5. The molecule has 0 saturated carbocycles. The minimum atomic E-state index is -0.281. The summed E-state index contributed by atoms with van der Waals surface area (Å²) in [4.78, 5) is 25.5. The third-order valence-corrected chi connectivity index (χ3v) is 4.78. The van der Waals surface area contributed by atoms with Crippen LogP contribution in [0.25, 0.3) is 11.3 Å². The lowest BCUT2D eigenvalue weighted by Gasteiger charge is -2.33. The van der Waals surface area contributed by atoms with Crippen molar-refractivity contribution >= 4 is 11.7 Å². The molecule has 3 aromatic heterocycles. The number of nitrogens with one attached hydrogen (secondary N) is 1. The second kappa shape index (κ2) is 8.18. The van der Waals surface area contributed by atoms with Crippen molar-refractivity contribution in [1.82, 2.24) is 25.3 Å². The van der Waals surface area contributed by atoms with Crippen molar-refractivity contribution in [3.63, 3.8) is 0 Å². The van der Waals surface area contributed by atoms with E-state index in [4.69, 9.17) is 4.52 Å². The Hall–Kier alpha value is -3.26. The quantitative estimate of drug-likeness (QED) is 0.724. The van der Waals surface area contributed by atoms with Gasteiger partial charge in [0.15, 0.2) is 11.5 Å². The van der Waals surface area contributed by atoms with Gasteiger partial charge in [-0.2, -0.15) is 0 Å². The number of piperazine rings is 1. The van der Waals surface area contributed by atoms with E-state index in [1.165, 1.54) is 0 Å². The maximum atomic E-state index is 12.4. The van der Waals surface area contributed by atoms with Gasteiger partial charge in [-0.3, -0.25) is 9.78 Å². The fourth-order valence-electron chi connectivity index (χ4n) is 3.08. The summed E-state index contributed by atoms with van der Waals surface area (Å²) in [5, 5.41) is 6.75. The summed E-state index contributed by atoms with van der Waals surface area (Å²) in [6.45, 7) is 4.35. The second-order valence-electron chi connectivity index (χ2n) is 6.81. The van der Waals surface area contributed by atoms with E-state index in [0.29, 0.717) is 12.3 Å². The van der Waals surface area contributed by atoms with Crippen molar-refractivity contribution in [1.29, 1.82) is 0 Å². The molecule has 3 aromatic rings. The molecule has 0 radical (unpaired) electrons. The number of hydrogen-bond donors (Lipinski definition) is 1. The molecule has 0 aromatic carbocycles. The summed E-state index contributed by atoms with van der Waals surface area (Å²) in [6, 6.07) is 9.21. The molecule has 1 aliphatic rings. The van der Waals surface area contributed by atoms with Crippen LogP contribution >= 0.6 is 0 Å². The Morgan fingerprint density at radius 3 is 2.82 bits per heavy atom. The van der Waals surface area contributed by atoms with Crippen molar-refractivity contribution in [2.24, 2.45) is 0 Å². The summed E-state index contributed by atoms with van der Waals surface area (Å²) < 4.78 is 5.26. The molecule has 28 heavy (non-hydrogen) atoms. The number of pyridine rings is 2. The Labute approximate surface area is 163 Å². The van der Waals surface area contributed by atoms with E-state index in [0.717, 1.165) is 43.1 Å². The zero-order valence-corrected chi connectivity index (χ0v) is 15.7. The van der Waals surface area contributed by atoms with Gasteiger partial charge in [0.2, 0.25) is 0 Å². The van der Waals surface area contributed by atoms with Crippen LogP contribution in [0.5, 0.6) is 0 Å². The highest BCUT2D eigenvalue weighted by Crippen LogP contribution is 2.19. The standard InChI is InChI=1S/C20H22N6O2/c1-25-7-9-26(10-8-25)19-11-15(4-6-22-19)13-23-20(27)17-12-18(28-24-17)16-3-2-5-21-14-16/h2-6,11-12,14H,7-10,13H2,1H3,(H,23,27). The Bertz CT molecular complexity index is 935. The normalized spacial score (nSPS) is 14.8. The molecule has 1 amide bonds. The molecule has 4 heterocycles. The van der Waals surface area contributed by atoms with Gasteiger partial charge in [-0.25, -0.2) is 4.98 Å². The summed E-state index contributed by atoms with van der Waals surface area (Å²) >= 11 is 0. The number of rotatable bonds is 5. The van der Waals surface area contributed by atoms with Gasteiger partial charge in [0.25, 0.3) is 5.91 Å². The largest absolute Gasteiger partial charge is 0.355 e. The predicted octanol–water partition coefficient (Wildman–Crippen LogP) is 1.81. The minimum Gasteiger partial charge on any atom is -0.355 e. The van der Waals surface area contributed by atoms with Gasteiger partial charge in [-0.1, -0.05) is 5.16 Å². The Morgan fingerprint density at radius 2 is 2.04 bits per heavy atom. The summed E-state index contributed by atoms with van der Waals surface area (Å²) in [5.74, 6) is 1.18. The first-order valence-corrected chi connectivity index (χ1v) is 9.23. The minimum absolute atomic E-state index is 0.243. The van der Waals surface area contributed by atoms with Crippen LogP contribution in [0.2, 0.25) is 0 Å². The van der Waals surface area contributed by atoms with Crippen molar-refractivity contribution < 1.29 is 9.32 Å². The SMILES string of the molecule is CN1CCN(c2cc(CNC(=O)c3cc(-c4cccnc4)on3)ccn2)CC1. The smallest absolute Gasteiger partial charge is 0.273 e. The molecule has 1 aliphatic heterocycles. The molecule has 0 bridgehead atoms. The first-order chi connectivity index (χ1) is 13.7. The summed E-state index contributed by atoms with van der Waals surface area (Å²) in [5.41, 5.74) is 2.01.